The van der Waals surface area contributed by atoms with Crippen LogP contribution in [0.5, 0.6) is 0 Å². The molecule has 2 aliphatic heterocycles. The van der Waals surface area contributed by atoms with Gasteiger partial charge in [-0.25, -0.2) is 9.97 Å². The van der Waals surface area contributed by atoms with Crippen LogP contribution in [0, 0.1) is 17.2 Å². The van der Waals surface area contributed by atoms with Crippen molar-refractivity contribution >= 4 is 17.5 Å². The summed E-state index contributed by atoms with van der Waals surface area (Å²) in [6, 6.07) is 10.7. The largest absolute Gasteiger partial charge is 0.381 e. The fourth-order valence-corrected chi connectivity index (χ4v) is 4.39. The Hall–Kier alpha value is -2.65. The van der Waals surface area contributed by atoms with Crippen LogP contribution < -0.4 is 10.2 Å². The molecule has 0 bridgehead atoms. The molecular weight excluding hydrogens is 338 g/mol. The lowest BCUT2D eigenvalue weighted by Gasteiger charge is -2.26. The molecule has 6 nitrogen and oxygen atoms in total. The van der Waals surface area contributed by atoms with Gasteiger partial charge in [0.15, 0.2) is 0 Å². The molecule has 0 amide bonds. The zero-order valence-corrected chi connectivity index (χ0v) is 15.3. The molecule has 27 heavy (non-hydrogen) atoms. The van der Waals surface area contributed by atoms with E-state index in [9.17, 15) is 0 Å². The van der Waals surface area contributed by atoms with Gasteiger partial charge in [-0.1, -0.05) is 0 Å². The van der Waals surface area contributed by atoms with Crippen LogP contribution in [0.25, 0.3) is 0 Å². The van der Waals surface area contributed by atoms with E-state index in [-0.39, 0.29) is 0 Å². The number of hydrogen-bond donors (Lipinski definition) is 1. The predicted molar refractivity (Wildman–Crippen MR) is 103 cm³/mol. The molecular formula is C21H23N5O. The lowest BCUT2D eigenvalue weighted by molar-refractivity contribution is 0.0853. The van der Waals surface area contributed by atoms with Crippen molar-refractivity contribution in [1.29, 1.82) is 5.26 Å². The summed E-state index contributed by atoms with van der Waals surface area (Å²) >= 11 is 0. The monoisotopic (exact) mass is 361 g/mol. The number of fused-ring (bicyclic) bond motifs is 1. The number of pyridine rings is 2. The first-order valence-electron chi connectivity index (χ1n) is 9.80. The summed E-state index contributed by atoms with van der Waals surface area (Å²) in [5.41, 5.74) is 1.92. The Morgan fingerprint density at radius 1 is 1.15 bits per heavy atom. The summed E-state index contributed by atoms with van der Waals surface area (Å²) in [6.45, 7) is 2.75. The number of nitriles is 1. The van der Waals surface area contributed by atoms with Gasteiger partial charge in [-0.05, 0) is 67.3 Å². The Kier molecular flexibility index (Phi) is 4.17. The highest BCUT2D eigenvalue weighted by Crippen LogP contribution is 2.46. The van der Waals surface area contributed by atoms with Crippen LogP contribution in [-0.4, -0.2) is 35.8 Å². The quantitative estimate of drug-likeness (QED) is 0.897. The minimum atomic E-state index is 0.511. The van der Waals surface area contributed by atoms with Gasteiger partial charge in [-0.2, -0.15) is 5.26 Å². The molecule has 0 aromatic carbocycles. The Labute approximate surface area is 159 Å². The van der Waals surface area contributed by atoms with Crippen LogP contribution in [0.3, 0.4) is 0 Å². The van der Waals surface area contributed by atoms with Crippen LogP contribution in [0.1, 0.15) is 42.7 Å². The summed E-state index contributed by atoms with van der Waals surface area (Å²) in [5.74, 6) is 3.91. The number of nitrogens with one attached hydrogen (secondary N) is 1. The van der Waals surface area contributed by atoms with E-state index in [4.69, 9.17) is 15.0 Å². The van der Waals surface area contributed by atoms with Gasteiger partial charge in [-0.3, -0.25) is 0 Å². The maximum absolute atomic E-state index is 9.12. The summed E-state index contributed by atoms with van der Waals surface area (Å²) < 4.78 is 5.54. The van der Waals surface area contributed by atoms with Gasteiger partial charge in [-0.15, -0.1) is 0 Å². The second-order valence-electron chi connectivity index (χ2n) is 7.74. The molecule has 3 fully saturated rings. The zero-order chi connectivity index (χ0) is 18.2. The molecule has 2 atom stereocenters. The molecule has 1 N–H and O–H groups in total. The average Bonchev–Trinajstić information content (AvgIpc) is 3.38. The van der Waals surface area contributed by atoms with Crippen LogP contribution >= 0.6 is 0 Å². The summed E-state index contributed by atoms with van der Waals surface area (Å²) in [5, 5.41) is 12.4. The predicted octanol–water partition coefficient (Wildman–Crippen LogP) is 3.58. The smallest absolute Gasteiger partial charge is 0.134 e. The second-order valence-corrected chi connectivity index (χ2v) is 7.74. The minimum Gasteiger partial charge on any atom is -0.381 e. The number of hydrogen-bond acceptors (Lipinski definition) is 6. The Bertz CT molecular complexity index is 886. The molecule has 2 aromatic heterocycles. The van der Waals surface area contributed by atoms with Gasteiger partial charge >= 0.3 is 0 Å². The van der Waals surface area contributed by atoms with Crippen LogP contribution in [-0.2, 0) is 4.74 Å². The molecule has 6 heteroatoms. The van der Waals surface area contributed by atoms with Crippen LogP contribution in [0.2, 0.25) is 0 Å². The second kappa shape index (κ2) is 6.82. The van der Waals surface area contributed by atoms with Gasteiger partial charge in [0, 0.05) is 32.0 Å². The lowest BCUT2D eigenvalue weighted by atomic mass is 9.92. The fourth-order valence-electron chi connectivity index (χ4n) is 4.39. The van der Waals surface area contributed by atoms with Crippen molar-refractivity contribution in [2.75, 3.05) is 30.0 Å². The number of piperidine rings is 1. The van der Waals surface area contributed by atoms with E-state index >= 15 is 0 Å². The van der Waals surface area contributed by atoms with E-state index in [0.717, 1.165) is 50.2 Å². The SMILES string of the molecule is N#Cc1ccnc(Nc2cc(C3CCOCC3)cc(N3CCC4CC43)n2)c1. The molecule has 4 heterocycles. The Morgan fingerprint density at radius 3 is 2.78 bits per heavy atom. The first-order valence-corrected chi connectivity index (χ1v) is 9.80. The Morgan fingerprint density at radius 2 is 2.04 bits per heavy atom. The topological polar surface area (TPSA) is 74.1 Å². The Balaban J connectivity index is 1.48. The van der Waals surface area contributed by atoms with Crippen molar-refractivity contribution in [1.82, 2.24) is 9.97 Å². The number of aromatic nitrogens is 2. The number of ether oxygens (including phenoxy) is 1. The summed E-state index contributed by atoms with van der Waals surface area (Å²) in [4.78, 5) is 11.7. The molecule has 1 saturated carbocycles. The van der Waals surface area contributed by atoms with Crippen molar-refractivity contribution in [2.24, 2.45) is 5.92 Å². The molecule has 5 rings (SSSR count). The van der Waals surface area contributed by atoms with Crippen LogP contribution in [0.4, 0.5) is 17.5 Å². The van der Waals surface area contributed by atoms with E-state index < -0.39 is 0 Å². The van der Waals surface area contributed by atoms with E-state index in [1.54, 1.807) is 18.3 Å². The average molecular weight is 361 g/mol. The molecule has 0 radical (unpaired) electrons. The summed E-state index contributed by atoms with van der Waals surface area (Å²) in [6.07, 6.45) is 6.34. The maximum Gasteiger partial charge on any atom is 0.134 e. The number of anilines is 3. The number of rotatable bonds is 4. The van der Waals surface area contributed by atoms with Gasteiger partial charge in [0.05, 0.1) is 11.6 Å². The highest BCUT2D eigenvalue weighted by molar-refractivity contribution is 5.60. The van der Waals surface area contributed by atoms with Gasteiger partial charge in [0.2, 0.25) is 0 Å². The maximum atomic E-state index is 9.12. The van der Waals surface area contributed by atoms with Gasteiger partial charge < -0.3 is 15.0 Å². The highest BCUT2D eigenvalue weighted by atomic mass is 16.5. The molecule has 0 spiro atoms. The van der Waals surface area contributed by atoms with E-state index in [2.05, 4.69) is 33.4 Å². The third kappa shape index (κ3) is 3.35. The third-order valence-electron chi connectivity index (χ3n) is 5.99. The van der Waals surface area contributed by atoms with Crippen LogP contribution in [0.15, 0.2) is 30.5 Å². The zero-order valence-electron chi connectivity index (χ0n) is 15.3. The first-order chi connectivity index (χ1) is 13.3. The van der Waals surface area contributed by atoms with E-state index in [1.165, 1.54) is 18.4 Å². The van der Waals surface area contributed by atoms with E-state index in [0.29, 0.717) is 23.3 Å². The molecule has 2 saturated heterocycles. The standard InChI is InChI=1S/C21H23N5O/c22-13-14-1-5-23-19(9-14)24-20-11-17(15-3-7-27-8-4-15)12-21(25-20)26-6-2-16-10-18(16)26/h1,5,9,11-12,15-16,18H,2-4,6-8,10H2,(H,23,24,25). The minimum absolute atomic E-state index is 0.511. The van der Waals surface area contributed by atoms with Gasteiger partial charge in [0.1, 0.15) is 17.5 Å². The van der Waals surface area contributed by atoms with Crippen molar-refractivity contribution in [3.8, 4) is 6.07 Å². The first kappa shape index (κ1) is 16.5. The van der Waals surface area contributed by atoms with E-state index in [1.807, 2.05) is 0 Å². The van der Waals surface area contributed by atoms with Gasteiger partial charge in [0.25, 0.3) is 0 Å². The normalized spacial score (nSPS) is 24.3. The van der Waals surface area contributed by atoms with Crippen molar-refractivity contribution in [2.45, 2.75) is 37.6 Å². The van der Waals surface area contributed by atoms with Crippen molar-refractivity contribution in [3.63, 3.8) is 0 Å². The molecule has 2 unspecified atom stereocenters. The highest BCUT2D eigenvalue weighted by Gasteiger charge is 2.47. The fraction of sp³-hybridized carbons (Fsp3) is 0.476. The number of nitrogens with zero attached hydrogens (tertiary/aromatic N) is 4. The third-order valence-corrected chi connectivity index (χ3v) is 5.99. The van der Waals surface area contributed by atoms with Crippen molar-refractivity contribution in [3.05, 3.63) is 41.6 Å². The molecule has 3 aliphatic rings. The van der Waals surface area contributed by atoms with Crippen molar-refractivity contribution < 1.29 is 4.74 Å². The molecule has 1 aliphatic carbocycles. The lowest BCUT2D eigenvalue weighted by Crippen LogP contribution is -2.24. The molecule has 2 aromatic rings. The molecule has 138 valence electrons. The summed E-state index contributed by atoms with van der Waals surface area (Å²) in [7, 11) is 0.